The number of halogens is 1. The Morgan fingerprint density at radius 2 is 2.03 bits per heavy atom. The number of benzene rings is 2. The molecule has 0 atom stereocenters. The Kier molecular flexibility index (Phi) is 5.38. The second-order valence-electron chi connectivity index (χ2n) is 7.01. The van der Waals surface area contributed by atoms with Gasteiger partial charge in [-0.15, -0.1) is 11.3 Å². The number of furan rings is 1. The number of thiazole rings is 1. The third-order valence-corrected chi connectivity index (χ3v) is 5.84. The fraction of sp³-hybridized carbons (Fsp3) is 0.0870. The van der Waals surface area contributed by atoms with Crippen LogP contribution in [0.3, 0.4) is 0 Å². The summed E-state index contributed by atoms with van der Waals surface area (Å²) in [7, 11) is 0. The van der Waals surface area contributed by atoms with Gasteiger partial charge in [0.25, 0.3) is 5.91 Å². The third kappa shape index (κ3) is 4.10. The van der Waals surface area contributed by atoms with Crippen LogP contribution in [0.4, 0.5) is 11.4 Å². The lowest BCUT2D eigenvalue weighted by atomic mass is 10.1. The third-order valence-electron chi connectivity index (χ3n) is 4.77. The van der Waals surface area contributed by atoms with Gasteiger partial charge < -0.3 is 14.5 Å². The Balaban J connectivity index is 1.66. The smallest absolute Gasteiger partial charge is 0.262 e. The summed E-state index contributed by atoms with van der Waals surface area (Å²) in [6.45, 7) is 1.89. The van der Waals surface area contributed by atoms with Crippen LogP contribution in [0.25, 0.3) is 11.3 Å². The first kappa shape index (κ1) is 20.3. The van der Waals surface area contributed by atoms with Crippen molar-refractivity contribution in [3.8, 4) is 17.0 Å². The number of carbonyl (C=O) groups is 1. The number of fused-ring (bicyclic) bond motifs is 1. The summed E-state index contributed by atoms with van der Waals surface area (Å²) < 4.78 is 12.7. The summed E-state index contributed by atoms with van der Waals surface area (Å²) in [6, 6.07) is 16.6. The normalized spacial score (nSPS) is 14.1. The molecule has 0 fully saturated rings. The van der Waals surface area contributed by atoms with Gasteiger partial charge in [-0.1, -0.05) is 11.6 Å². The van der Waals surface area contributed by atoms with Gasteiger partial charge in [0.1, 0.15) is 17.2 Å². The van der Waals surface area contributed by atoms with Gasteiger partial charge in [-0.3, -0.25) is 4.79 Å². The minimum Gasteiger partial charge on any atom is -0.482 e. The molecular weight excluding hydrogens is 448 g/mol. The minimum atomic E-state index is -0.182. The average molecular weight is 465 g/mol. The van der Waals surface area contributed by atoms with Crippen molar-refractivity contribution < 1.29 is 13.9 Å². The number of hydrogen-bond acceptors (Lipinski definition) is 6. The molecule has 0 saturated carbocycles. The van der Waals surface area contributed by atoms with E-state index in [-0.39, 0.29) is 12.5 Å². The van der Waals surface area contributed by atoms with Crippen LogP contribution in [0.15, 0.2) is 80.8 Å². The molecule has 1 aliphatic heterocycles. The lowest BCUT2D eigenvalue weighted by Crippen LogP contribution is -2.25. The molecule has 0 unspecified atom stereocenters. The van der Waals surface area contributed by atoms with Gasteiger partial charge in [-0.2, -0.15) is 5.10 Å². The Hall–Kier alpha value is -3.62. The van der Waals surface area contributed by atoms with Crippen molar-refractivity contribution in [2.45, 2.75) is 6.92 Å². The van der Waals surface area contributed by atoms with Gasteiger partial charge in [0.15, 0.2) is 6.61 Å². The molecule has 1 N–H and O–H groups in total. The molecule has 0 spiro atoms. The van der Waals surface area contributed by atoms with Crippen molar-refractivity contribution >= 4 is 45.9 Å². The molecule has 4 aromatic rings. The Morgan fingerprint density at radius 3 is 2.81 bits per heavy atom. The first-order valence-electron chi connectivity index (χ1n) is 9.74. The highest BCUT2D eigenvalue weighted by atomic mass is 35.5. The molecule has 2 aromatic carbocycles. The molecule has 0 saturated heterocycles. The Bertz CT molecular complexity index is 1390. The zero-order chi connectivity index (χ0) is 22.1. The van der Waals surface area contributed by atoms with E-state index in [1.807, 2.05) is 54.8 Å². The van der Waals surface area contributed by atoms with Crippen molar-refractivity contribution in [3.63, 3.8) is 0 Å². The summed E-state index contributed by atoms with van der Waals surface area (Å²) in [5.74, 6) is 1.12. The van der Waals surface area contributed by atoms with Crippen LogP contribution < -0.4 is 14.9 Å². The molecule has 160 valence electrons. The molecule has 32 heavy (non-hydrogen) atoms. The maximum absolute atomic E-state index is 11.8. The van der Waals surface area contributed by atoms with E-state index in [1.54, 1.807) is 23.1 Å². The number of nitrogens with one attached hydrogen (secondary N) is 1. The van der Waals surface area contributed by atoms with E-state index >= 15 is 0 Å². The zero-order valence-corrected chi connectivity index (χ0v) is 18.5. The molecule has 5 rings (SSSR count). The number of nitrogens with zero attached hydrogens (tertiary/aromatic N) is 3. The van der Waals surface area contributed by atoms with Crippen LogP contribution in [-0.4, -0.2) is 22.9 Å². The molecule has 0 bridgehead atoms. The van der Waals surface area contributed by atoms with Gasteiger partial charge in [-0.25, -0.2) is 9.67 Å². The highest BCUT2D eigenvalue weighted by Crippen LogP contribution is 2.33. The van der Waals surface area contributed by atoms with Crippen molar-refractivity contribution in [1.29, 1.82) is 0 Å². The number of aromatic nitrogens is 1. The predicted octanol–water partition coefficient (Wildman–Crippen LogP) is 5.30. The fourth-order valence-electron chi connectivity index (χ4n) is 3.22. The number of ether oxygens (including phenoxy) is 1. The number of amides is 1. The highest BCUT2D eigenvalue weighted by molar-refractivity contribution is 7.07. The van der Waals surface area contributed by atoms with E-state index in [4.69, 9.17) is 30.8 Å². The summed E-state index contributed by atoms with van der Waals surface area (Å²) in [5, 5.41) is 10.3. The fourth-order valence-corrected chi connectivity index (χ4v) is 4.20. The standard InChI is InChI=1S/C23H17ClN4O3S/c1-14(20-3-2-10-30-20)27-28-19(13-32-23(28)25-17-7-5-16(24)6-8-17)15-4-9-21-18(11-15)26-22(29)12-31-21/h2-11,13H,12H2,1H3,(H,26,29). The van der Waals surface area contributed by atoms with E-state index in [0.29, 0.717) is 32.7 Å². The first-order chi connectivity index (χ1) is 15.6. The van der Waals surface area contributed by atoms with Crippen LogP contribution in [0.1, 0.15) is 12.7 Å². The van der Waals surface area contributed by atoms with E-state index in [1.165, 1.54) is 11.3 Å². The Morgan fingerprint density at radius 1 is 1.19 bits per heavy atom. The number of hydrogen-bond donors (Lipinski definition) is 1. The number of rotatable bonds is 4. The molecule has 1 aliphatic rings. The van der Waals surface area contributed by atoms with Gasteiger partial charge >= 0.3 is 0 Å². The zero-order valence-electron chi connectivity index (χ0n) is 16.9. The van der Waals surface area contributed by atoms with Crippen LogP contribution in [0, 0.1) is 0 Å². The number of anilines is 1. The van der Waals surface area contributed by atoms with Gasteiger partial charge in [-0.05, 0) is 61.5 Å². The first-order valence-corrected chi connectivity index (χ1v) is 11.0. The monoisotopic (exact) mass is 464 g/mol. The molecule has 3 heterocycles. The van der Waals surface area contributed by atoms with E-state index in [0.717, 1.165) is 16.9 Å². The van der Waals surface area contributed by atoms with Gasteiger partial charge in [0.05, 0.1) is 23.3 Å². The van der Waals surface area contributed by atoms with Crippen LogP contribution in [-0.2, 0) is 4.79 Å². The van der Waals surface area contributed by atoms with E-state index < -0.39 is 0 Å². The van der Waals surface area contributed by atoms with Crippen molar-refractivity contribution in [3.05, 3.63) is 81.8 Å². The maximum Gasteiger partial charge on any atom is 0.262 e. The highest BCUT2D eigenvalue weighted by Gasteiger charge is 2.18. The topological polar surface area (TPSA) is 81.1 Å². The minimum absolute atomic E-state index is 0.0154. The summed E-state index contributed by atoms with van der Waals surface area (Å²) in [6.07, 6.45) is 1.61. The predicted molar refractivity (Wildman–Crippen MR) is 125 cm³/mol. The summed E-state index contributed by atoms with van der Waals surface area (Å²) in [4.78, 5) is 17.2. The second kappa shape index (κ2) is 8.49. The molecular formula is C23H17ClN4O3S. The van der Waals surface area contributed by atoms with Gasteiger partial charge in [0.2, 0.25) is 4.80 Å². The summed E-state index contributed by atoms with van der Waals surface area (Å²) >= 11 is 7.46. The van der Waals surface area contributed by atoms with Crippen molar-refractivity contribution in [2.24, 2.45) is 10.1 Å². The van der Waals surface area contributed by atoms with E-state index in [2.05, 4.69) is 5.32 Å². The summed E-state index contributed by atoms with van der Waals surface area (Å²) in [5.41, 5.74) is 3.75. The molecule has 7 nitrogen and oxygen atoms in total. The average Bonchev–Trinajstić information content (AvgIpc) is 3.46. The molecule has 1 amide bonds. The van der Waals surface area contributed by atoms with Gasteiger partial charge in [0, 0.05) is 16.0 Å². The lowest BCUT2D eigenvalue weighted by Gasteiger charge is -2.18. The number of carbonyl (C=O) groups excluding carboxylic acids is 1. The Labute approximate surface area is 192 Å². The maximum atomic E-state index is 11.8. The SMILES string of the molecule is CC(=Nn1c(-c2ccc3c(c2)NC(=O)CO3)csc1=Nc1ccc(Cl)cc1)c1ccco1. The quantitative estimate of drug-likeness (QED) is 0.416. The van der Waals surface area contributed by atoms with E-state index in [9.17, 15) is 4.79 Å². The van der Waals surface area contributed by atoms with Crippen LogP contribution in [0.2, 0.25) is 5.02 Å². The van der Waals surface area contributed by atoms with Crippen LogP contribution in [0.5, 0.6) is 5.75 Å². The molecule has 0 aliphatic carbocycles. The largest absolute Gasteiger partial charge is 0.482 e. The second-order valence-corrected chi connectivity index (χ2v) is 8.29. The lowest BCUT2D eigenvalue weighted by molar-refractivity contribution is -0.118. The van der Waals surface area contributed by atoms with Crippen molar-refractivity contribution in [1.82, 2.24) is 4.68 Å². The molecule has 9 heteroatoms. The van der Waals surface area contributed by atoms with Crippen LogP contribution >= 0.6 is 22.9 Å². The molecule has 2 aromatic heterocycles. The van der Waals surface area contributed by atoms with Crippen molar-refractivity contribution in [2.75, 3.05) is 11.9 Å². The molecule has 0 radical (unpaired) electrons.